The molecule has 1 atom stereocenters. The van der Waals surface area contributed by atoms with Crippen molar-refractivity contribution in [1.29, 1.82) is 0 Å². The van der Waals surface area contributed by atoms with Gasteiger partial charge in [0.2, 0.25) is 0 Å². The molecule has 0 fully saturated rings. The van der Waals surface area contributed by atoms with Crippen LogP contribution in [0.4, 0.5) is 4.39 Å². The van der Waals surface area contributed by atoms with Crippen molar-refractivity contribution >= 4 is 0 Å². The first-order valence-electron chi connectivity index (χ1n) is 3.98. The van der Waals surface area contributed by atoms with Crippen molar-refractivity contribution in [2.75, 3.05) is 13.7 Å². The lowest BCUT2D eigenvalue weighted by Gasteiger charge is -2.11. The third kappa shape index (κ3) is 2.17. The van der Waals surface area contributed by atoms with Gasteiger partial charge in [-0.15, -0.1) is 0 Å². The predicted molar refractivity (Wildman–Crippen MR) is 48.9 cm³/mol. The molecule has 0 amide bonds. The number of hydrogen-bond donors (Lipinski definition) is 2. The van der Waals surface area contributed by atoms with Crippen molar-refractivity contribution in [3.05, 3.63) is 29.6 Å². The van der Waals surface area contributed by atoms with Gasteiger partial charge in [0.1, 0.15) is 11.6 Å². The number of rotatable bonds is 3. The lowest BCUT2D eigenvalue weighted by atomic mass is 10.1. The average Bonchev–Trinajstić information content (AvgIpc) is 2.17. The number of halogens is 1. The highest BCUT2D eigenvalue weighted by Crippen LogP contribution is 2.20. The Morgan fingerprint density at radius 3 is 2.77 bits per heavy atom. The summed E-state index contributed by atoms with van der Waals surface area (Å²) in [5.74, 6) is 0.235. The monoisotopic (exact) mass is 184 g/mol. The van der Waals surface area contributed by atoms with E-state index in [0.717, 1.165) is 0 Å². The molecule has 0 aliphatic heterocycles. The van der Waals surface area contributed by atoms with Gasteiger partial charge in [-0.05, 0) is 18.2 Å². The Kier molecular flexibility index (Phi) is 3.22. The normalized spacial score (nSPS) is 12.6. The standard InChI is InChI=1S/C9H13FN2O/c1-13-6-2-3-8(10)7(4-6)9(12)5-11/h2-4,9H,5,11-12H2,1H3/t9-/m0/s1. The van der Waals surface area contributed by atoms with E-state index in [1.807, 2.05) is 0 Å². The zero-order valence-corrected chi connectivity index (χ0v) is 7.46. The van der Waals surface area contributed by atoms with Gasteiger partial charge in [-0.25, -0.2) is 4.39 Å². The second kappa shape index (κ2) is 4.20. The molecule has 0 aliphatic rings. The fraction of sp³-hybridized carbons (Fsp3) is 0.333. The molecule has 4 heteroatoms. The van der Waals surface area contributed by atoms with Crippen LogP contribution in [0.2, 0.25) is 0 Å². The third-order valence-electron chi connectivity index (χ3n) is 1.86. The van der Waals surface area contributed by atoms with E-state index in [4.69, 9.17) is 16.2 Å². The van der Waals surface area contributed by atoms with E-state index in [1.165, 1.54) is 13.2 Å². The van der Waals surface area contributed by atoms with E-state index in [0.29, 0.717) is 11.3 Å². The molecule has 1 rings (SSSR count). The highest BCUT2D eigenvalue weighted by atomic mass is 19.1. The second-order valence-corrected chi connectivity index (χ2v) is 2.73. The summed E-state index contributed by atoms with van der Waals surface area (Å²) in [6.07, 6.45) is 0. The average molecular weight is 184 g/mol. The molecule has 0 aromatic heterocycles. The van der Waals surface area contributed by atoms with Crippen molar-refractivity contribution in [3.63, 3.8) is 0 Å². The van der Waals surface area contributed by atoms with Gasteiger partial charge in [-0.3, -0.25) is 0 Å². The fourth-order valence-corrected chi connectivity index (χ4v) is 1.06. The first-order valence-corrected chi connectivity index (χ1v) is 3.98. The summed E-state index contributed by atoms with van der Waals surface area (Å²) in [6.45, 7) is 0.212. The van der Waals surface area contributed by atoms with Crippen LogP contribution in [0, 0.1) is 5.82 Å². The maximum atomic E-state index is 13.2. The summed E-state index contributed by atoms with van der Waals surface area (Å²) in [5, 5.41) is 0. The third-order valence-corrected chi connectivity index (χ3v) is 1.86. The van der Waals surface area contributed by atoms with Gasteiger partial charge in [0.15, 0.2) is 0 Å². The molecule has 0 spiro atoms. The number of hydrogen-bond acceptors (Lipinski definition) is 3. The lowest BCUT2D eigenvalue weighted by molar-refractivity contribution is 0.412. The van der Waals surface area contributed by atoms with E-state index in [2.05, 4.69) is 0 Å². The Bertz CT molecular complexity index is 291. The molecule has 1 aromatic rings. The number of nitrogens with two attached hydrogens (primary N) is 2. The van der Waals surface area contributed by atoms with Gasteiger partial charge >= 0.3 is 0 Å². The van der Waals surface area contributed by atoms with Gasteiger partial charge in [0.25, 0.3) is 0 Å². The maximum Gasteiger partial charge on any atom is 0.128 e. The number of benzene rings is 1. The van der Waals surface area contributed by atoms with Crippen molar-refractivity contribution < 1.29 is 9.13 Å². The minimum atomic E-state index is -0.477. The molecule has 0 unspecified atom stereocenters. The topological polar surface area (TPSA) is 61.3 Å². The Labute approximate surface area is 76.5 Å². The summed E-state index contributed by atoms with van der Waals surface area (Å²) in [5.41, 5.74) is 11.3. The SMILES string of the molecule is COc1ccc(F)c([C@@H](N)CN)c1. The summed E-state index contributed by atoms with van der Waals surface area (Å²) in [4.78, 5) is 0. The fourth-order valence-electron chi connectivity index (χ4n) is 1.06. The van der Waals surface area contributed by atoms with E-state index < -0.39 is 6.04 Å². The van der Waals surface area contributed by atoms with E-state index in [9.17, 15) is 4.39 Å². The molecule has 0 bridgehead atoms. The molecular formula is C9H13FN2O. The largest absolute Gasteiger partial charge is 0.497 e. The van der Waals surface area contributed by atoms with Crippen LogP contribution in [-0.2, 0) is 0 Å². The Morgan fingerprint density at radius 2 is 2.23 bits per heavy atom. The summed E-state index contributed by atoms with van der Waals surface area (Å²) < 4.78 is 18.1. The van der Waals surface area contributed by atoms with Gasteiger partial charge < -0.3 is 16.2 Å². The zero-order chi connectivity index (χ0) is 9.84. The van der Waals surface area contributed by atoms with Crippen molar-refractivity contribution in [1.82, 2.24) is 0 Å². The van der Waals surface area contributed by atoms with E-state index >= 15 is 0 Å². The molecule has 0 aliphatic carbocycles. The van der Waals surface area contributed by atoms with Crippen LogP contribution in [0.15, 0.2) is 18.2 Å². The predicted octanol–water partition coefficient (Wildman–Crippen LogP) is 0.793. The minimum Gasteiger partial charge on any atom is -0.497 e. The first kappa shape index (κ1) is 9.95. The maximum absolute atomic E-state index is 13.2. The second-order valence-electron chi connectivity index (χ2n) is 2.73. The highest BCUT2D eigenvalue weighted by Gasteiger charge is 2.10. The molecule has 1 aromatic carbocycles. The molecule has 0 heterocycles. The molecular weight excluding hydrogens is 171 g/mol. The quantitative estimate of drug-likeness (QED) is 0.730. The summed E-state index contributed by atoms with van der Waals surface area (Å²) >= 11 is 0. The summed E-state index contributed by atoms with van der Waals surface area (Å²) in [6, 6.07) is 3.95. The lowest BCUT2D eigenvalue weighted by Crippen LogP contribution is -2.21. The molecule has 3 nitrogen and oxygen atoms in total. The van der Waals surface area contributed by atoms with Gasteiger partial charge in [-0.1, -0.05) is 0 Å². The van der Waals surface area contributed by atoms with Gasteiger partial charge in [0, 0.05) is 18.2 Å². The van der Waals surface area contributed by atoms with Gasteiger partial charge in [-0.2, -0.15) is 0 Å². The molecule has 13 heavy (non-hydrogen) atoms. The smallest absolute Gasteiger partial charge is 0.128 e. The van der Waals surface area contributed by atoms with Crippen molar-refractivity contribution in [2.24, 2.45) is 11.5 Å². The molecule has 0 saturated carbocycles. The number of ether oxygens (including phenoxy) is 1. The Balaban J connectivity index is 3.03. The molecule has 72 valence electrons. The first-order chi connectivity index (χ1) is 6.19. The van der Waals surface area contributed by atoms with Crippen LogP contribution in [-0.4, -0.2) is 13.7 Å². The van der Waals surface area contributed by atoms with Gasteiger partial charge in [0.05, 0.1) is 7.11 Å². The molecule has 4 N–H and O–H groups in total. The van der Waals surface area contributed by atoms with E-state index in [1.54, 1.807) is 12.1 Å². The Hall–Kier alpha value is -1.13. The van der Waals surface area contributed by atoms with Crippen molar-refractivity contribution in [3.8, 4) is 5.75 Å². The molecule has 0 saturated heterocycles. The van der Waals surface area contributed by atoms with Crippen LogP contribution in [0.5, 0.6) is 5.75 Å². The molecule has 0 radical (unpaired) electrons. The summed E-state index contributed by atoms with van der Waals surface area (Å²) in [7, 11) is 1.52. The van der Waals surface area contributed by atoms with Crippen LogP contribution in [0.25, 0.3) is 0 Å². The Morgan fingerprint density at radius 1 is 1.54 bits per heavy atom. The van der Waals surface area contributed by atoms with Crippen LogP contribution in [0.3, 0.4) is 0 Å². The highest BCUT2D eigenvalue weighted by molar-refractivity contribution is 5.31. The van der Waals surface area contributed by atoms with Crippen LogP contribution in [0.1, 0.15) is 11.6 Å². The zero-order valence-electron chi connectivity index (χ0n) is 7.46. The van der Waals surface area contributed by atoms with Crippen molar-refractivity contribution in [2.45, 2.75) is 6.04 Å². The van der Waals surface area contributed by atoms with Crippen LogP contribution >= 0.6 is 0 Å². The van der Waals surface area contributed by atoms with Crippen LogP contribution < -0.4 is 16.2 Å². The van der Waals surface area contributed by atoms with E-state index in [-0.39, 0.29) is 12.4 Å². The number of methoxy groups -OCH3 is 1. The minimum absolute atomic E-state index is 0.212.